The molecule has 0 heterocycles. The molecule has 0 aromatic heterocycles. The largest absolute Gasteiger partial charge is 0.497 e. The molecule has 8 nitrogen and oxygen atoms in total. The van der Waals surface area contributed by atoms with Crippen LogP contribution in [-0.2, 0) is 26.2 Å². The molecule has 2 amide bonds. The minimum Gasteiger partial charge on any atom is -0.497 e. The molecule has 3 aromatic rings. The van der Waals surface area contributed by atoms with Crippen LogP contribution in [0.1, 0.15) is 25.0 Å². The number of hydrogen-bond acceptors (Lipinski definition) is 5. The summed E-state index contributed by atoms with van der Waals surface area (Å²) in [6.45, 7) is 5.00. The van der Waals surface area contributed by atoms with Gasteiger partial charge in [-0.15, -0.1) is 0 Å². The van der Waals surface area contributed by atoms with Gasteiger partial charge in [0.05, 0.1) is 17.7 Å². The van der Waals surface area contributed by atoms with E-state index in [4.69, 9.17) is 4.74 Å². The fourth-order valence-electron chi connectivity index (χ4n) is 3.81. The number of anilines is 1. The highest BCUT2D eigenvalue weighted by molar-refractivity contribution is 7.92. The van der Waals surface area contributed by atoms with Gasteiger partial charge in [-0.05, 0) is 74.9 Å². The van der Waals surface area contributed by atoms with Crippen LogP contribution < -0.4 is 14.4 Å². The molecule has 0 radical (unpaired) electrons. The highest BCUT2D eigenvalue weighted by Crippen LogP contribution is 2.26. The average Bonchev–Trinajstić information content (AvgIpc) is 2.91. The smallest absolute Gasteiger partial charge is 0.264 e. The molecule has 0 spiro atoms. The number of benzene rings is 3. The number of nitrogens with zero attached hydrogens (tertiary/aromatic N) is 2. The molecule has 0 saturated carbocycles. The summed E-state index contributed by atoms with van der Waals surface area (Å²) < 4.78 is 47.2. The first-order valence-corrected chi connectivity index (χ1v) is 13.6. The van der Waals surface area contributed by atoms with E-state index < -0.39 is 34.3 Å². The van der Waals surface area contributed by atoms with Gasteiger partial charge in [0, 0.05) is 13.1 Å². The molecule has 202 valence electrons. The van der Waals surface area contributed by atoms with Crippen molar-refractivity contribution >= 4 is 27.5 Å². The zero-order valence-corrected chi connectivity index (χ0v) is 22.7. The number of hydrogen-bond donors (Lipinski definition) is 1. The third-order valence-electron chi connectivity index (χ3n) is 6.03. The standard InChI is InChI=1S/C28H32FN3O5S/c1-5-30-28(34)21(3)31(18-22-8-10-23(29)11-9-22)27(33)19-32(24-12-6-20(2)7-13-24)38(35,36)26-16-14-25(37-4)15-17-26/h6-17,21H,5,18-19H2,1-4H3,(H,30,34)/t21-/m0/s1. The Labute approximate surface area is 223 Å². The lowest BCUT2D eigenvalue weighted by atomic mass is 10.1. The number of nitrogens with one attached hydrogen (secondary N) is 1. The molecule has 3 aromatic carbocycles. The number of methoxy groups -OCH3 is 1. The van der Waals surface area contributed by atoms with Crippen LogP contribution in [0.25, 0.3) is 0 Å². The number of carbonyl (C=O) groups excluding carboxylic acids is 2. The van der Waals surface area contributed by atoms with Crippen LogP contribution in [0.15, 0.2) is 77.7 Å². The SMILES string of the molecule is CCNC(=O)[C@H](C)N(Cc1ccc(F)cc1)C(=O)CN(c1ccc(C)cc1)S(=O)(=O)c1ccc(OC)cc1. The third-order valence-corrected chi connectivity index (χ3v) is 7.82. The van der Waals surface area contributed by atoms with Gasteiger partial charge in [-0.25, -0.2) is 12.8 Å². The van der Waals surface area contributed by atoms with Crippen molar-refractivity contribution in [1.82, 2.24) is 10.2 Å². The Morgan fingerprint density at radius 1 is 0.974 bits per heavy atom. The Morgan fingerprint density at radius 2 is 1.58 bits per heavy atom. The molecular formula is C28H32FN3O5S. The number of rotatable bonds is 11. The molecule has 1 atom stereocenters. The number of sulfonamides is 1. The molecular weight excluding hydrogens is 509 g/mol. The summed E-state index contributed by atoms with van der Waals surface area (Å²) in [5.74, 6) is -0.920. The van der Waals surface area contributed by atoms with Gasteiger partial charge in [0.1, 0.15) is 24.2 Å². The van der Waals surface area contributed by atoms with Gasteiger partial charge >= 0.3 is 0 Å². The van der Waals surface area contributed by atoms with Crippen molar-refractivity contribution in [2.45, 2.75) is 38.3 Å². The van der Waals surface area contributed by atoms with E-state index in [1.807, 2.05) is 6.92 Å². The van der Waals surface area contributed by atoms with Crippen molar-refractivity contribution < 1.29 is 27.1 Å². The molecule has 38 heavy (non-hydrogen) atoms. The van der Waals surface area contributed by atoms with E-state index in [9.17, 15) is 22.4 Å². The van der Waals surface area contributed by atoms with Crippen LogP contribution in [0.5, 0.6) is 5.75 Å². The molecule has 10 heteroatoms. The average molecular weight is 542 g/mol. The van der Waals surface area contributed by atoms with Gasteiger partial charge < -0.3 is 15.0 Å². The van der Waals surface area contributed by atoms with Gasteiger partial charge in [0.25, 0.3) is 10.0 Å². The highest BCUT2D eigenvalue weighted by atomic mass is 32.2. The summed E-state index contributed by atoms with van der Waals surface area (Å²) in [5, 5.41) is 2.70. The summed E-state index contributed by atoms with van der Waals surface area (Å²) in [7, 11) is -2.70. The van der Waals surface area contributed by atoms with E-state index in [2.05, 4.69) is 5.32 Å². The number of halogens is 1. The first kappa shape index (κ1) is 28.6. The number of ether oxygens (including phenoxy) is 1. The molecule has 0 aliphatic rings. The van der Waals surface area contributed by atoms with Crippen LogP contribution in [0, 0.1) is 12.7 Å². The maximum absolute atomic E-state index is 13.8. The van der Waals surface area contributed by atoms with Crippen LogP contribution >= 0.6 is 0 Å². The number of amides is 2. The Hall–Kier alpha value is -3.92. The van der Waals surface area contributed by atoms with Crippen LogP contribution in [0.2, 0.25) is 0 Å². The van der Waals surface area contributed by atoms with Gasteiger partial charge in [-0.2, -0.15) is 0 Å². The van der Waals surface area contributed by atoms with Gasteiger partial charge in [0.2, 0.25) is 11.8 Å². The number of carbonyl (C=O) groups is 2. The topological polar surface area (TPSA) is 96.0 Å². The van der Waals surface area contributed by atoms with Crippen molar-refractivity contribution in [2.75, 3.05) is 24.5 Å². The normalized spacial score (nSPS) is 11.9. The van der Waals surface area contributed by atoms with E-state index in [-0.39, 0.29) is 17.3 Å². The van der Waals surface area contributed by atoms with E-state index >= 15 is 0 Å². The maximum Gasteiger partial charge on any atom is 0.264 e. The predicted octanol–water partition coefficient (Wildman–Crippen LogP) is 3.89. The maximum atomic E-state index is 13.8. The molecule has 0 saturated heterocycles. The third kappa shape index (κ3) is 6.89. The van der Waals surface area contributed by atoms with Crippen LogP contribution in [0.4, 0.5) is 10.1 Å². The van der Waals surface area contributed by atoms with Crippen molar-refractivity contribution in [2.24, 2.45) is 0 Å². The molecule has 0 bridgehead atoms. The summed E-state index contributed by atoms with van der Waals surface area (Å²) in [6.07, 6.45) is 0. The second-order valence-electron chi connectivity index (χ2n) is 8.74. The Kier molecular flexibility index (Phi) is 9.46. The van der Waals surface area contributed by atoms with E-state index in [0.29, 0.717) is 23.5 Å². The molecule has 3 rings (SSSR count). The Bertz CT molecular complexity index is 1340. The fourth-order valence-corrected chi connectivity index (χ4v) is 5.22. The lowest BCUT2D eigenvalue weighted by Gasteiger charge is -2.32. The zero-order chi connectivity index (χ0) is 27.9. The first-order valence-electron chi connectivity index (χ1n) is 12.1. The second kappa shape index (κ2) is 12.6. The first-order chi connectivity index (χ1) is 18.1. The zero-order valence-electron chi connectivity index (χ0n) is 21.8. The lowest BCUT2D eigenvalue weighted by Crippen LogP contribution is -2.51. The Morgan fingerprint density at radius 3 is 2.13 bits per heavy atom. The second-order valence-corrected chi connectivity index (χ2v) is 10.6. The summed E-state index contributed by atoms with van der Waals surface area (Å²) >= 11 is 0. The Balaban J connectivity index is 2.01. The van der Waals surface area contributed by atoms with Gasteiger partial charge in [-0.3, -0.25) is 13.9 Å². The predicted molar refractivity (Wildman–Crippen MR) is 144 cm³/mol. The van der Waals surface area contributed by atoms with E-state index in [1.165, 1.54) is 60.5 Å². The van der Waals surface area contributed by atoms with E-state index in [0.717, 1.165) is 9.87 Å². The van der Waals surface area contributed by atoms with Gasteiger partial charge in [0.15, 0.2) is 0 Å². The summed E-state index contributed by atoms with van der Waals surface area (Å²) in [5.41, 5.74) is 1.81. The van der Waals surface area contributed by atoms with Crippen molar-refractivity contribution in [3.8, 4) is 5.75 Å². The molecule has 1 N–H and O–H groups in total. The molecule has 0 aliphatic carbocycles. The number of aryl methyl sites for hydroxylation is 1. The van der Waals surface area contributed by atoms with Crippen LogP contribution in [-0.4, -0.2) is 51.4 Å². The molecule has 0 aliphatic heterocycles. The van der Waals surface area contributed by atoms with E-state index in [1.54, 1.807) is 38.1 Å². The van der Waals surface area contributed by atoms with Crippen molar-refractivity contribution in [3.63, 3.8) is 0 Å². The summed E-state index contributed by atoms with van der Waals surface area (Å²) in [4.78, 5) is 27.7. The van der Waals surface area contributed by atoms with Crippen molar-refractivity contribution in [1.29, 1.82) is 0 Å². The lowest BCUT2D eigenvalue weighted by molar-refractivity contribution is -0.139. The quantitative estimate of drug-likeness (QED) is 0.397. The monoisotopic (exact) mass is 541 g/mol. The minimum atomic E-state index is -4.18. The van der Waals surface area contributed by atoms with Crippen LogP contribution in [0.3, 0.4) is 0 Å². The minimum absolute atomic E-state index is 0.0122. The van der Waals surface area contributed by atoms with Gasteiger partial charge in [-0.1, -0.05) is 29.8 Å². The summed E-state index contributed by atoms with van der Waals surface area (Å²) in [6, 6.07) is 17.3. The number of likely N-dealkylation sites (N-methyl/N-ethyl adjacent to an activating group) is 1. The van der Waals surface area contributed by atoms with Crippen molar-refractivity contribution in [3.05, 3.63) is 89.7 Å². The fraction of sp³-hybridized carbons (Fsp3) is 0.286. The molecule has 0 unspecified atom stereocenters. The molecule has 0 fully saturated rings. The highest BCUT2D eigenvalue weighted by Gasteiger charge is 2.32.